The number of rotatable bonds is 1. The zero-order chi connectivity index (χ0) is 10.0. The van der Waals surface area contributed by atoms with Crippen LogP contribution in [0.25, 0.3) is 0 Å². The van der Waals surface area contributed by atoms with Crippen LogP contribution < -0.4 is 0 Å². The first-order chi connectivity index (χ1) is 6.06. The highest BCUT2D eigenvalue weighted by molar-refractivity contribution is 9.10. The number of carbonyl (C=O) groups excluding carboxylic acids is 1. The maximum absolute atomic E-state index is 12.8. The summed E-state index contributed by atoms with van der Waals surface area (Å²) in [4.78, 5) is 11.2. The second kappa shape index (κ2) is 3.87. The summed E-state index contributed by atoms with van der Waals surface area (Å²) in [5.74, 6) is -0.846. The van der Waals surface area contributed by atoms with Gasteiger partial charge in [-0.05, 0) is 40.5 Å². The molecule has 0 aliphatic heterocycles. The lowest BCUT2D eigenvalue weighted by atomic mass is 10.1. The van der Waals surface area contributed by atoms with Crippen LogP contribution in [0.1, 0.15) is 15.9 Å². The molecule has 2 nitrogen and oxygen atoms in total. The maximum Gasteiger partial charge on any atom is 0.339 e. The quantitative estimate of drug-likeness (QED) is 0.713. The van der Waals surface area contributed by atoms with Crippen molar-refractivity contribution in [1.82, 2.24) is 0 Å². The smallest absolute Gasteiger partial charge is 0.339 e. The van der Waals surface area contributed by atoms with E-state index in [1.165, 1.54) is 19.2 Å². The van der Waals surface area contributed by atoms with Gasteiger partial charge in [0.15, 0.2) is 0 Å². The molecule has 0 amide bonds. The molecule has 0 unspecified atom stereocenters. The minimum Gasteiger partial charge on any atom is -0.465 e. The fraction of sp³-hybridized carbons (Fsp3) is 0.222. The van der Waals surface area contributed by atoms with Crippen molar-refractivity contribution in [1.29, 1.82) is 0 Å². The molecule has 0 saturated heterocycles. The molecule has 0 aromatic heterocycles. The fourth-order valence-corrected chi connectivity index (χ4v) is 1.76. The first-order valence-electron chi connectivity index (χ1n) is 3.60. The predicted octanol–water partition coefficient (Wildman–Crippen LogP) is 2.68. The van der Waals surface area contributed by atoms with E-state index in [9.17, 15) is 9.18 Å². The standard InChI is InChI=1S/C9H8BrFO2/c1-5-3-6(11)4-7(10)8(5)9(12)13-2/h3-4H,1-2H3. The number of aryl methyl sites for hydroxylation is 1. The molecule has 0 fully saturated rings. The fourth-order valence-electron chi connectivity index (χ4n) is 1.06. The van der Waals surface area contributed by atoms with Gasteiger partial charge >= 0.3 is 5.97 Å². The van der Waals surface area contributed by atoms with Crippen LogP contribution in [-0.2, 0) is 4.74 Å². The summed E-state index contributed by atoms with van der Waals surface area (Å²) in [6.45, 7) is 1.65. The van der Waals surface area contributed by atoms with Crippen LogP contribution in [0.15, 0.2) is 16.6 Å². The lowest BCUT2D eigenvalue weighted by Gasteiger charge is -2.05. The minimum atomic E-state index is -0.468. The number of hydrogen-bond donors (Lipinski definition) is 0. The average Bonchev–Trinajstić information content (AvgIpc) is 2.02. The Morgan fingerprint density at radius 1 is 1.54 bits per heavy atom. The Bertz CT molecular complexity index is 326. The second-order valence-electron chi connectivity index (χ2n) is 2.57. The molecule has 1 aromatic carbocycles. The van der Waals surface area contributed by atoms with Crippen molar-refractivity contribution in [2.24, 2.45) is 0 Å². The Morgan fingerprint density at radius 3 is 2.62 bits per heavy atom. The van der Waals surface area contributed by atoms with Crippen molar-refractivity contribution >= 4 is 21.9 Å². The third-order valence-corrected chi connectivity index (χ3v) is 2.27. The van der Waals surface area contributed by atoms with Gasteiger partial charge in [0.2, 0.25) is 0 Å². The van der Waals surface area contributed by atoms with Crippen LogP contribution >= 0.6 is 15.9 Å². The zero-order valence-electron chi connectivity index (χ0n) is 7.23. The van der Waals surface area contributed by atoms with Gasteiger partial charge in [-0.2, -0.15) is 0 Å². The van der Waals surface area contributed by atoms with Crippen LogP contribution in [-0.4, -0.2) is 13.1 Å². The Labute approximate surface area is 83.8 Å². The Hall–Kier alpha value is -0.900. The molecule has 0 radical (unpaired) electrons. The van der Waals surface area contributed by atoms with Gasteiger partial charge in [-0.3, -0.25) is 0 Å². The average molecular weight is 247 g/mol. The van der Waals surface area contributed by atoms with Gasteiger partial charge in [0.05, 0.1) is 12.7 Å². The summed E-state index contributed by atoms with van der Waals surface area (Å²) in [6.07, 6.45) is 0. The second-order valence-corrected chi connectivity index (χ2v) is 3.43. The molecule has 0 heterocycles. The van der Waals surface area contributed by atoms with Crippen molar-refractivity contribution < 1.29 is 13.9 Å². The lowest BCUT2D eigenvalue weighted by Crippen LogP contribution is -2.05. The Balaban J connectivity index is 3.28. The molecule has 13 heavy (non-hydrogen) atoms. The maximum atomic E-state index is 12.8. The highest BCUT2D eigenvalue weighted by Gasteiger charge is 2.14. The number of esters is 1. The largest absolute Gasteiger partial charge is 0.465 e. The minimum absolute atomic E-state index is 0.365. The van der Waals surface area contributed by atoms with Crippen LogP contribution in [0.4, 0.5) is 4.39 Å². The van der Waals surface area contributed by atoms with E-state index in [2.05, 4.69) is 20.7 Å². The predicted molar refractivity (Wildman–Crippen MR) is 50.2 cm³/mol. The summed E-state index contributed by atoms with van der Waals surface area (Å²) in [5, 5.41) is 0. The summed E-state index contributed by atoms with van der Waals surface area (Å²) < 4.78 is 17.8. The number of ether oxygens (including phenoxy) is 1. The van der Waals surface area contributed by atoms with Gasteiger partial charge in [-0.15, -0.1) is 0 Å². The summed E-state index contributed by atoms with van der Waals surface area (Å²) in [6, 6.07) is 2.52. The van der Waals surface area contributed by atoms with Crippen LogP contribution in [0, 0.1) is 12.7 Å². The number of hydrogen-bond acceptors (Lipinski definition) is 2. The van der Waals surface area contributed by atoms with Crippen LogP contribution in [0.2, 0.25) is 0 Å². The number of halogens is 2. The van der Waals surface area contributed by atoms with Gasteiger partial charge < -0.3 is 4.74 Å². The molecular formula is C9H8BrFO2. The molecule has 0 atom stereocenters. The topological polar surface area (TPSA) is 26.3 Å². The van der Waals surface area contributed by atoms with Gasteiger partial charge in [0, 0.05) is 4.47 Å². The third-order valence-electron chi connectivity index (χ3n) is 1.64. The van der Waals surface area contributed by atoms with E-state index in [4.69, 9.17) is 0 Å². The SMILES string of the molecule is COC(=O)c1c(C)cc(F)cc1Br. The number of methoxy groups -OCH3 is 1. The van der Waals surface area contributed by atoms with Crippen molar-refractivity contribution in [3.8, 4) is 0 Å². The molecule has 0 saturated carbocycles. The highest BCUT2D eigenvalue weighted by atomic mass is 79.9. The zero-order valence-corrected chi connectivity index (χ0v) is 8.81. The molecule has 4 heteroatoms. The van der Waals surface area contributed by atoms with Crippen LogP contribution in [0.5, 0.6) is 0 Å². The van der Waals surface area contributed by atoms with E-state index in [0.717, 1.165) is 0 Å². The molecule has 0 spiro atoms. The van der Waals surface area contributed by atoms with Crippen molar-refractivity contribution in [3.05, 3.63) is 33.5 Å². The lowest BCUT2D eigenvalue weighted by molar-refractivity contribution is 0.0599. The molecule has 0 aliphatic carbocycles. The third kappa shape index (κ3) is 2.06. The molecule has 0 bridgehead atoms. The van der Waals surface area contributed by atoms with Gasteiger partial charge in [-0.25, -0.2) is 9.18 Å². The molecule has 1 rings (SSSR count). The van der Waals surface area contributed by atoms with Crippen molar-refractivity contribution in [2.45, 2.75) is 6.92 Å². The van der Waals surface area contributed by atoms with E-state index in [1.54, 1.807) is 6.92 Å². The van der Waals surface area contributed by atoms with Gasteiger partial charge in [0.25, 0.3) is 0 Å². The normalized spacial score (nSPS) is 9.85. The van der Waals surface area contributed by atoms with Gasteiger partial charge in [0.1, 0.15) is 5.82 Å². The van der Waals surface area contributed by atoms with Gasteiger partial charge in [-0.1, -0.05) is 0 Å². The van der Waals surface area contributed by atoms with E-state index in [-0.39, 0.29) is 5.82 Å². The van der Waals surface area contributed by atoms with Crippen LogP contribution in [0.3, 0.4) is 0 Å². The summed E-state index contributed by atoms with van der Waals surface area (Å²) >= 11 is 3.10. The molecular weight excluding hydrogens is 239 g/mol. The van der Waals surface area contributed by atoms with E-state index in [1.807, 2.05) is 0 Å². The molecule has 0 N–H and O–H groups in total. The highest BCUT2D eigenvalue weighted by Crippen LogP contribution is 2.22. The first-order valence-corrected chi connectivity index (χ1v) is 4.39. The molecule has 1 aromatic rings. The molecule has 70 valence electrons. The Morgan fingerprint density at radius 2 is 2.15 bits per heavy atom. The summed E-state index contributed by atoms with van der Waals surface area (Å²) in [5.41, 5.74) is 0.919. The summed E-state index contributed by atoms with van der Waals surface area (Å²) in [7, 11) is 1.29. The van der Waals surface area contributed by atoms with E-state index < -0.39 is 5.97 Å². The molecule has 0 aliphatic rings. The monoisotopic (exact) mass is 246 g/mol. The van der Waals surface area contributed by atoms with Crippen molar-refractivity contribution in [3.63, 3.8) is 0 Å². The van der Waals surface area contributed by atoms with Crippen molar-refractivity contribution in [2.75, 3.05) is 7.11 Å². The Kier molecular flexibility index (Phi) is 3.03. The number of carbonyl (C=O) groups is 1. The van der Waals surface area contributed by atoms with E-state index in [0.29, 0.717) is 15.6 Å². The first kappa shape index (κ1) is 10.2. The number of benzene rings is 1. The van der Waals surface area contributed by atoms with E-state index >= 15 is 0 Å².